The van der Waals surface area contributed by atoms with Gasteiger partial charge >= 0.3 is 0 Å². The molecular weight excluding hydrogens is 193 g/mol. The summed E-state index contributed by atoms with van der Waals surface area (Å²) < 4.78 is 12.7. The van der Waals surface area contributed by atoms with Crippen molar-refractivity contribution < 1.29 is 9.50 Å². The fourth-order valence-electron chi connectivity index (χ4n) is 1.50. The molecule has 1 atom stereocenters. The topological polar surface area (TPSA) is 23.5 Å². The van der Waals surface area contributed by atoms with Gasteiger partial charge in [0.05, 0.1) is 0 Å². The molecule has 1 N–H and O–H groups in total. The van der Waals surface area contributed by atoms with Crippen molar-refractivity contribution >= 4 is 5.69 Å². The maximum Gasteiger partial charge on any atom is 0.123 e. The lowest BCUT2D eigenvalue weighted by molar-refractivity contribution is 0.225. The SMILES string of the molecule is CCC(CO)CN(C)c1ccc(F)cc1. The molecule has 0 saturated carbocycles. The molecule has 0 radical (unpaired) electrons. The van der Waals surface area contributed by atoms with Gasteiger partial charge in [0.2, 0.25) is 0 Å². The van der Waals surface area contributed by atoms with E-state index in [4.69, 9.17) is 5.11 Å². The molecule has 0 aromatic heterocycles. The summed E-state index contributed by atoms with van der Waals surface area (Å²) in [7, 11) is 1.95. The molecule has 0 fully saturated rings. The molecule has 2 nitrogen and oxygen atoms in total. The van der Waals surface area contributed by atoms with Crippen LogP contribution in [-0.2, 0) is 0 Å². The minimum absolute atomic E-state index is 0.196. The van der Waals surface area contributed by atoms with E-state index in [9.17, 15) is 4.39 Å². The maximum atomic E-state index is 12.7. The molecule has 15 heavy (non-hydrogen) atoms. The zero-order chi connectivity index (χ0) is 11.3. The molecule has 0 aliphatic carbocycles. The molecular formula is C12H18FNO. The van der Waals surface area contributed by atoms with E-state index in [1.54, 1.807) is 12.1 Å². The minimum Gasteiger partial charge on any atom is -0.396 e. The predicted molar refractivity (Wildman–Crippen MR) is 60.5 cm³/mol. The van der Waals surface area contributed by atoms with Crippen LogP contribution in [-0.4, -0.2) is 25.3 Å². The number of hydrogen-bond donors (Lipinski definition) is 1. The van der Waals surface area contributed by atoms with Crippen molar-refractivity contribution in [1.82, 2.24) is 0 Å². The number of hydrogen-bond acceptors (Lipinski definition) is 2. The molecule has 0 aliphatic heterocycles. The van der Waals surface area contributed by atoms with E-state index in [0.717, 1.165) is 18.7 Å². The first-order valence-electron chi connectivity index (χ1n) is 5.25. The molecule has 3 heteroatoms. The average molecular weight is 211 g/mol. The summed E-state index contributed by atoms with van der Waals surface area (Å²) in [5.74, 6) is 0.0569. The normalized spacial score (nSPS) is 12.5. The summed E-state index contributed by atoms with van der Waals surface area (Å²) in [6, 6.07) is 6.40. The molecule has 0 saturated heterocycles. The van der Waals surface area contributed by atoms with Crippen LogP contribution in [0.25, 0.3) is 0 Å². The highest BCUT2D eigenvalue weighted by Gasteiger charge is 2.08. The van der Waals surface area contributed by atoms with Gasteiger partial charge in [-0.1, -0.05) is 6.92 Å². The van der Waals surface area contributed by atoms with Gasteiger partial charge in [0, 0.05) is 25.9 Å². The lowest BCUT2D eigenvalue weighted by atomic mass is 10.1. The Kier molecular flexibility index (Phi) is 4.56. The molecule has 0 spiro atoms. The summed E-state index contributed by atoms with van der Waals surface area (Å²) in [6.07, 6.45) is 0.946. The number of benzene rings is 1. The van der Waals surface area contributed by atoms with Crippen molar-refractivity contribution in [3.63, 3.8) is 0 Å². The van der Waals surface area contributed by atoms with Gasteiger partial charge in [-0.15, -0.1) is 0 Å². The van der Waals surface area contributed by atoms with Crippen LogP contribution in [0, 0.1) is 11.7 Å². The lowest BCUT2D eigenvalue weighted by Gasteiger charge is -2.23. The van der Waals surface area contributed by atoms with Gasteiger partial charge in [0.25, 0.3) is 0 Å². The molecule has 84 valence electrons. The number of aliphatic hydroxyl groups excluding tert-OH is 1. The Morgan fingerprint density at radius 3 is 2.40 bits per heavy atom. The van der Waals surface area contributed by atoms with Crippen LogP contribution in [0.4, 0.5) is 10.1 Å². The fraction of sp³-hybridized carbons (Fsp3) is 0.500. The summed E-state index contributed by atoms with van der Waals surface area (Å²) in [6.45, 7) is 3.04. The second-order valence-electron chi connectivity index (χ2n) is 3.81. The fourth-order valence-corrected chi connectivity index (χ4v) is 1.50. The Morgan fingerprint density at radius 2 is 1.93 bits per heavy atom. The third-order valence-electron chi connectivity index (χ3n) is 2.64. The molecule has 0 amide bonds. The van der Waals surface area contributed by atoms with Gasteiger partial charge in [-0.3, -0.25) is 0 Å². The quantitative estimate of drug-likeness (QED) is 0.807. The minimum atomic E-state index is -0.221. The highest BCUT2D eigenvalue weighted by Crippen LogP contribution is 2.15. The summed E-state index contributed by atoms with van der Waals surface area (Å²) in [5.41, 5.74) is 0.975. The van der Waals surface area contributed by atoms with Crippen molar-refractivity contribution in [1.29, 1.82) is 0 Å². The largest absolute Gasteiger partial charge is 0.396 e. The van der Waals surface area contributed by atoms with E-state index in [2.05, 4.69) is 6.92 Å². The van der Waals surface area contributed by atoms with Crippen LogP contribution in [0.1, 0.15) is 13.3 Å². The second kappa shape index (κ2) is 5.71. The van der Waals surface area contributed by atoms with Gasteiger partial charge in [-0.25, -0.2) is 4.39 Å². The second-order valence-corrected chi connectivity index (χ2v) is 3.81. The third-order valence-corrected chi connectivity index (χ3v) is 2.64. The van der Waals surface area contributed by atoms with Crippen molar-refractivity contribution in [2.75, 3.05) is 25.1 Å². The first-order valence-corrected chi connectivity index (χ1v) is 5.25. The van der Waals surface area contributed by atoms with Crippen LogP contribution in [0.3, 0.4) is 0 Å². The Bertz CT molecular complexity index is 282. The standard InChI is InChI=1S/C12H18FNO/c1-3-10(9-15)8-14(2)12-6-4-11(13)5-7-12/h4-7,10,15H,3,8-9H2,1-2H3. The van der Waals surface area contributed by atoms with Gasteiger partial charge in [-0.05, 0) is 36.6 Å². The Balaban J connectivity index is 2.60. The summed E-state index contributed by atoms with van der Waals surface area (Å²) >= 11 is 0. The van der Waals surface area contributed by atoms with Gasteiger partial charge in [-0.2, -0.15) is 0 Å². The van der Waals surface area contributed by atoms with Crippen LogP contribution < -0.4 is 4.90 Å². The van der Waals surface area contributed by atoms with Crippen molar-refractivity contribution in [2.24, 2.45) is 5.92 Å². The Labute approximate surface area is 90.3 Å². The van der Waals surface area contributed by atoms with Crippen molar-refractivity contribution in [3.05, 3.63) is 30.1 Å². The zero-order valence-electron chi connectivity index (χ0n) is 9.28. The number of aliphatic hydroxyl groups is 1. The Hall–Kier alpha value is -1.09. The van der Waals surface area contributed by atoms with E-state index in [1.165, 1.54) is 12.1 Å². The summed E-state index contributed by atoms with van der Waals surface area (Å²) in [5, 5.41) is 9.08. The van der Waals surface area contributed by atoms with E-state index in [0.29, 0.717) is 0 Å². The van der Waals surface area contributed by atoms with Crippen molar-refractivity contribution in [2.45, 2.75) is 13.3 Å². The van der Waals surface area contributed by atoms with E-state index < -0.39 is 0 Å². The number of nitrogens with zero attached hydrogens (tertiary/aromatic N) is 1. The first-order chi connectivity index (χ1) is 7.17. The smallest absolute Gasteiger partial charge is 0.123 e. The van der Waals surface area contributed by atoms with E-state index >= 15 is 0 Å². The van der Waals surface area contributed by atoms with E-state index in [-0.39, 0.29) is 18.3 Å². The van der Waals surface area contributed by atoms with Gasteiger partial charge < -0.3 is 10.0 Å². The van der Waals surface area contributed by atoms with E-state index in [1.807, 2.05) is 11.9 Å². The maximum absolute atomic E-state index is 12.7. The number of rotatable bonds is 5. The molecule has 1 aromatic carbocycles. The third kappa shape index (κ3) is 3.51. The Morgan fingerprint density at radius 1 is 1.33 bits per heavy atom. The lowest BCUT2D eigenvalue weighted by Crippen LogP contribution is -2.27. The predicted octanol–water partition coefficient (Wildman–Crippen LogP) is 2.28. The first kappa shape index (κ1) is 12.0. The van der Waals surface area contributed by atoms with Gasteiger partial charge in [0.1, 0.15) is 5.82 Å². The van der Waals surface area contributed by atoms with Crippen LogP contribution in [0.2, 0.25) is 0 Å². The molecule has 0 heterocycles. The van der Waals surface area contributed by atoms with Gasteiger partial charge in [0.15, 0.2) is 0 Å². The van der Waals surface area contributed by atoms with Crippen LogP contribution in [0.5, 0.6) is 0 Å². The molecule has 1 aromatic rings. The average Bonchev–Trinajstić information content (AvgIpc) is 2.26. The van der Waals surface area contributed by atoms with Crippen molar-refractivity contribution in [3.8, 4) is 0 Å². The molecule has 0 bridgehead atoms. The number of halogens is 1. The monoisotopic (exact) mass is 211 g/mol. The van der Waals surface area contributed by atoms with Crippen LogP contribution in [0.15, 0.2) is 24.3 Å². The highest BCUT2D eigenvalue weighted by molar-refractivity contribution is 5.45. The highest BCUT2D eigenvalue weighted by atomic mass is 19.1. The molecule has 1 rings (SSSR count). The number of anilines is 1. The van der Waals surface area contributed by atoms with Crippen LogP contribution >= 0.6 is 0 Å². The zero-order valence-corrected chi connectivity index (χ0v) is 9.28. The molecule has 1 unspecified atom stereocenters. The summed E-state index contributed by atoms with van der Waals surface area (Å²) in [4.78, 5) is 2.03. The molecule has 0 aliphatic rings.